The van der Waals surface area contributed by atoms with E-state index in [0.29, 0.717) is 5.56 Å². The fraction of sp³-hybridized carbons (Fsp3) is 0.100. The molecule has 0 spiro atoms. The monoisotopic (exact) mass is 254 g/mol. The van der Waals surface area contributed by atoms with Crippen molar-refractivity contribution >= 4 is 17.3 Å². The van der Waals surface area contributed by atoms with E-state index in [0.717, 1.165) is 0 Å². The van der Waals surface area contributed by atoms with Gasteiger partial charge in [-0.15, -0.1) is 0 Å². The molecule has 0 saturated heterocycles. The zero-order valence-electron chi connectivity index (χ0n) is 8.41. The van der Waals surface area contributed by atoms with E-state index in [-0.39, 0.29) is 16.6 Å². The second kappa shape index (κ2) is 4.52. The summed E-state index contributed by atoms with van der Waals surface area (Å²) in [5.41, 5.74) is 0.165. The highest BCUT2D eigenvalue weighted by Gasteiger charge is 2.20. The minimum atomic E-state index is -1.14. The average Bonchev–Trinajstić information content (AvgIpc) is 2.81. The number of hydrogen-bond donors (Lipinski definition) is 1. The van der Waals surface area contributed by atoms with Crippen LogP contribution in [0.25, 0.3) is 0 Å². The smallest absolute Gasteiger partial charge is 0.270 e. The Kier molecular flexibility index (Phi) is 3.08. The van der Waals surface area contributed by atoms with E-state index in [1.807, 2.05) is 0 Å². The van der Waals surface area contributed by atoms with E-state index in [2.05, 4.69) is 4.98 Å². The number of aliphatic hydroxyl groups is 1. The van der Waals surface area contributed by atoms with Gasteiger partial charge in [-0.1, -0.05) is 11.6 Å². The van der Waals surface area contributed by atoms with Gasteiger partial charge in [-0.25, -0.2) is 4.98 Å². The molecule has 0 radical (unpaired) electrons. The Hall–Kier alpha value is -1.92. The van der Waals surface area contributed by atoms with Crippen LogP contribution in [0.2, 0.25) is 5.02 Å². The summed E-state index contributed by atoms with van der Waals surface area (Å²) in [6.45, 7) is 0. The summed E-state index contributed by atoms with van der Waals surface area (Å²) in [4.78, 5) is 13.7. The highest BCUT2D eigenvalue weighted by atomic mass is 35.5. The van der Waals surface area contributed by atoms with Crippen molar-refractivity contribution in [2.75, 3.05) is 0 Å². The zero-order chi connectivity index (χ0) is 12.4. The number of aliphatic hydroxyl groups excluding tert-OH is 1. The number of aromatic nitrogens is 1. The molecule has 1 atom stereocenters. The molecule has 0 fully saturated rings. The van der Waals surface area contributed by atoms with Crippen molar-refractivity contribution < 1.29 is 14.4 Å². The lowest BCUT2D eigenvalue weighted by Crippen LogP contribution is -2.01. The Bertz CT molecular complexity index is 541. The second-order valence-electron chi connectivity index (χ2n) is 3.24. The van der Waals surface area contributed by atoms with Crippen LogP contribution < -0.4 is 0 Å². The third-order valence-corrected chi connectivity index (χ3v) is 2.50. The molecule has 0 aliphatic carbocycles. The van der Waals surface area contributed by atoms with Gasteiger partial charge in [0.05, 0.1) is 16.1 Å². The van der Waals surface area contributed by atoms with Gasteiger partial charge in [-0.3, -0.25) is 10.1 Å². The summed E-state index contributed by atoms with van der Waals surface area (Å²) in [7, 11) is 0. The third-order valence-electron chi connectivity index (χ3n) is 2.17. The second-order valence-corrected chi connectivity index (χ2v) is 3.64. The first-order valence-electron chi connectivity index (χ1n) is 4.61. The van der Waals surface area contributed by atoms with Gasteiger partial charge < -0.3 is 9.52 Å². The molecule has 7 heteroatoms. The third kappa shape index (κ3) is 2.27. The number of nitro benzene ring substituents is 1. The van der Waals surface area contributed by atoms with E-state index in [1.54, 1.807) is 0 Å². The number of halogens is 1. The molecule has 1 aromatic heterocycles. The molecule has 1 heterocycles. The lowest BCUT2D eigenvalue weighted by Gasteiger charge is -2.08. The predicted molar refractivity (Wildman–Crippen MR) is 58.7 cm³/mol. The first-order chi connectivity index (χ1) is 8.09. The first kappa shape index (κ1) is 11.6. The lowest BCUT2D eigenvalue weighted by molar-refractivity contribution is -0.384. The molecule has 2 aromatic rings. The van der Waals surface area contributed by atoms with Gasteiger partial charge in [0.1, 0.15) is 6.26 Å². The average molecular weight is 255 g/mol. The summed E-state index contributed by atoms with van der Waals surface area (Å²) in [5.74, 6) is 0.0840. The van der Waals surface area contributed by atoms with Gasteiger partial charge in [-0.05, 0) is 6.07 Å². The molecule has 1 N–H and O–H groups in total. The minimum Gasteiger partial charge on any atom is -0.446 e. The van der Waals surface area contributed by atoms with Crippen molar-refractivity contribution in [1.82, 2.24) is 4.98 Å². The van der Waals surface area contributed by atoms with Crippen LogP contribution in [0.3, 0.4) is 0 Å². The molecule has 6 nitrogen and oxygen atoms in total. The maximum Gasteiger partial charge on any atom is 0.270 e. The molecule has 1 aromatic carbocycles. The van der Waals surface area contributed by atoms with Crippen LogP contribution in [0.5, 0.6) is 0 Å². The number of rotatable bonds is 3. The minimum absolute atomic E-state index is 0.0840. The quantitative estimate of drug-likeness (QED) is 0.671. The molecule has 1 unspecified atom stereocenters. The molecular weight excluding hydrogens is 248 g/mol. The van der Waals surface area contributed by atoms with Gasteiger partial charge in [0, 0.05) is 17.7 Å². The SMILES string of the molecule is O=[N+]([O-])c1ccc(C(O)c2ncco2)c(Cl)c1. The van der Waals surface area contributed by atoms with Crippen LogP contribution in [0.4, 0.5) is 5.69 Å². The summed E-state index contributed by atoms with van der Waals surface area (Å²) in [6.07, 6.45) is 1.56. The fourth-order valence-electron chi connectivity index (χ4n) is 1.35. The van der Waals surface area contributed by atoms with Crippen LogP contribution in [0, 0.1) is 10.1 Å². The molecule has 2 rings (SSSR count). The highest BCUT2D eigenvalue weighted by molar-refractivity contribution is 6.31. The van der Waals surface area contributed by atoms with Crippen molar-refractivity contribution in [3.05, 3.63) is 57.3 Å². The molecular formula is C10H7ClN2O4. The van der Waals surface area contributed by atoms with Crippen molar-refractivity contribution in [3.63, 3.8) is 0 Å². The van der Waals surface area contributed by atoms with Crippen LogP contribution in [0.1, 0.15) is 17.6 Å². The Morgan fingerprint density at radius 1 is 1.53 bits per heavy atom. The Morgan fingerprint density at radius 2 is 2.29 bits per heavy atom. The van der Waals surface area contributed by atoms with Crippen LogP contribution >= 0.6 is 11.6 Å². The van der Waals surface area contributed by atoms with Crippen molar-refractivity contribution in [2.45, 2.75) is 6.10 Å². The summed E-state index contributed by atoms with van der Waals surface area (Å²) in [5, 5.41) is 20.5. The molecule has 0 saturated carbocycles. The number of nitro groups is 1. The maximum atomic E-state index is 10.5. The molecule has 0 aliphatic rings. The van der Waals surface area contributed by atoms with Crippen LogP contribution in [-0.2, 0) is 0 Å². The Balaban J connectivity index is 2.37. The summed E-state index contributed by atoms with van der Waals surface area (Å²) >= 11 is 5.85. The predicted octanol–water partition coefficient (Wildman–Crippen LogP) is 2.32. The lowest BCUT2D eigenvalue weighted by atomic mass is 10.1. The maximum absolute atomic E-state index is 10.5. The fourth-order valence-corrected chi connectivity index (χ4v) is 1.63. The molecule has 0 aliphatic heterocycles. The largest absolute Gasteiger partial charge is 0.446 e. The van der Waals surface area contributed by atoms with E-state index >= 15 is 0 Å². The van der Waals surface area contributed by atoms with Gasteiger partial charge >= 0.3 is 0 Å². The van der Waals surface area contributed by atoms with Crippen LogP contribution in [0.15, 0.2) is 35.1 Å². The number of hydrogen-bond acceptors (Lipinski definition) is 5. The first-order valence-corrected chi connectivity index (χ1v) is 4.98. The van der Waals surface area contributed by atoms with E-state index in [1.165, 1.54) is 30.7 Å². The Morgan fingerprint density at radius 3 is 2.82 bits per heavy atom. The zero-order valence-corrected chi connectivity index (χ0v) is 9.16. The van der Waals surface area contributed by atoms with E-state index in [9.17, 15) is 15.2 Å². The highest BCUT2D eigenvalue weighted by Crippen LogP contribution is 2.30. The number of oxazole rings is 1. The van der Waals surface area contributed by atoms with Crippen molar-refractivity contribution in [3.8, 4) is 0 Å². The molecule has 0 amide bonds. The molecule has 88 valence electrons. The van der Waals surface area contributed by atoms with E-state index < -0.39 is 11.0 Å². The van der Waals surface area contributed by atoms with Crippen LogP contribution in [-0.4, -0.2) is 15.0 Å². The standard InChI is InChI=1S/C10H7ClN2O4/c11-8-5-6(13(15)16)1-2-7(8)9(14)10-12-3-4-17-10/h1-5,9,14H. The van der Waals surface area contributed by atoms with E-state index in [4.69, 9.17) is 16.0 Å². The Labute approximate surface area is 101 Å². The number of nitrogens with zero attached hydrogens (tertiary/aromatic N) is 2. The van der Waals surface area contributed by atoms with Crippen molar-refractivity contribution in [1.29, 1.82) is 0 Å². The summed E-state index contributed by atoms with van der Waals surface area (Å²) in [6, 6.07) is 3.80. The topological polar surface area (TPSA) is 89.4 Å². The van der Waals surface area contributed by atoms with Gasteiger partial charge in [0.2, 0.25) is 5.89 Å². The number of benzene rings is 1. The molecule has 0 bridgehead atoms. The van der Waals surface area contributed by atoms with Crippen molar-refractivity contribution in [2.24, 2.45) is 0 Å². The van der Waals surface area contributed by atoms with Gasteiger partial charge in [0.25, 0.3) is 5.69 Å². The van der Waals surface area contributed by atoms with Gasteiger partial charge in [0.15, 0.2) is 6.10 Å². The van der Waals surface area contributed by atoms with Gasteiger partial charge in [-0.2, -0.15) is 0 Å². The summed E-state index contributed by atoms with van der Waals surface area (Å²) < 4.78 is 4.93. The number of non-ortho nitro benzene ring substituents is 1. The normalized spacial score (nSPS) is 12.4. The molecule has 17 heavy (non-hydrogen) atoms.